The van der Waals surface area contributed by atoms with Crippen molar-refractivity contribution >= 4 is 28.7 Å². The molecule has 2 aromatic heterocycles. The third-order valence-electron chi connectivity index (χ3n) is 3.03. The van der Waals surface area contributed by atoms with Crippen LogP contribution in [0.3, 0.4) is 0 Å². The molecule has 0 aliphatic carbocycles. The fraction of sp³-hybridized carbons (Fsp3) is 0.154. The van der Waals surface area contributed by atoms with E-state index in [-0.39, 0.29) is 0 Å². The van der Waals surface area contributed by atoms with Crippen LogP contribution in [0.15, 0.2) is 35.5 Å². The molecule has 1 aromatic carbocycles. The van der Waals surface area contributed by atoms with Gasteiger partial charge in [-0.2, -0.15) is 10.1 Å². The van der Waals surface area contributed by atoms with Gasteiger partial charge in [0.2, 0.25) is 5.95 Å². The van der Waals surface area contributed by atoms with Crippen LogP contribution in [0.2, 0.25) is 0 Å². The number of benzene rings is 1. The summed E-state index contributed by atoms with van der Waals surface area (Å²) in [5.74, 6) is 6.62. The summed E-state index contributed by atoms with van der Waals surface area (Å²) in [6.45, 7) is 2.11. The van der Waals surface area contributed by atoms with Crippen molar-refractivity contribution in [2.24, 2.45) is 5.84 Å². The molecule has 0 saturated carbocycles. The summed E-state index contributed by atoms with van der Waals surface area (Å²) in [7, 11) is 0. The Balaban J connectivity index is 1.90. The van der Waals surface area contributed by atoms with Crippen molar-refractivity contribution in [1.82, 2.24) is 20.2 Å². The van der Waals surface area contributed by atoms with Gasteiger partial charge in [-0.25, -0.2) is 10.8 Å². The first-order valence-electron chi connectivity index (χ1n) is 6.13. The highest BCUT2D eigenvalue weighted by molar-refractivity contribution is 7.98. The number of hydrogen-bond donors (Lipinski definition) is 3. The molecule has 102 valence electrons. The van der Waals surface area contributed by atoms with E-state index in [2.05, 4.69) is 44.6 Å². The van der Waals surface area contributed by atoms with Gasteiger partial charge in [-0.05, 0) is 18.1 Å². The number of hydrazine groups is 1. The maximum absolute atomic E-state index is 5.39. The first-order chi connectivity index (χ1) is 9.78. The molecule has 0 saturated heterocycles. The molecule has 0 atom stereocenters. The number of hydrogen-bond acceptors (Lipinski definition) is 6. The average Bonchev–Trinajstić information content (AvgIpc) is 2.94. The summed E-state index contributed by atoms with van der Waals surface area (Å²) in [5.41, 5.74) is 5.72. The molecule has 6 nitrogen and oxygen atoms in total. The van der Waals surface area contributed by atoms with E-state index < -0.39 is 0 Å². The van der Waals surface area contributed by atoms with Gasteiger partial charge in [0.25, 0.3) is 0 Å². The van der Waals surface area contributed by atoms with E-state index in [1.165, 1.54) is 11.1 Å². The van der Waals surface area contributed by atoms with E-state index in [1.807, 2.05) is 12.1 Å². The first kappa shape index (κ1) is 12.9. The molecular formula is C13H14N6S. The molecule has 0 spiro atoms. The fourth-order valence-corrected chi connectivity index (χ4v) is 2.97. The summed E-state index contributed by atoms with van der Waals surface area (Å²) >= 11 is 1.64. The van der Waals surface area contributed by atoms with Gasteiger partial charge in [-0.15, -0.1) is 11.8 Å². The Morgan fingerprint density at radius 1 is 1.30 bits per heavy atom. The smallest absolute Gasteiger partial charge is 0.240 e. The zero-order valence-corrected chi connectivity index (χ0v) is 11.7. The van der Waals surface area contributed by atoms with Crippen LogP contribution < -0.4 is 11.3 Å². The van der Waals surface area contributed by atoms with Crippen LogP contribution >= 0.6 is 11.8 Å². The highest BCUT2D eigenvalue weighted by Crippen LogP contribution is 2.28. The van der Waals surface area contributed by atoms with Crippen LogP contribution in [0.25, 0.3) is 11.0 Å². The molecule has 0 aliphatic rings. The lowest BCUT2D eigenvalue weighted by Crippen LogP contribution is -2.10. The maximum Gasteiger partial charge on any atom is 0.240 e. The third-order valence-corrected chi connectivity index (χ3v) is 4.07. The second-order valence-corrected chi connectivity index (χ2v) is 5.31. The normalized spacial score (nSPS) is 10.9. The number of aryl methyl sites for hydroxylation is 1. The van der Waals surface area contributed by atoms with Crippen LogP contribution in [0, 0.1) is 6.92 Å². The lowest BCUT2D eigenvalue weighted by atomic mass is 10.1. The van der Waals surface area contributed by atoms with Crippen molar-refractivity contribution in [2.45, 2.75) is 17.7 Å². The standard InChI is InChI=1S/C13H14N6S/c1-8-4-2-3-5-9(8)7-20-12-10-6-15-19-11(10)16-13(17-12)18-14/h2-6H,7,14H2,1H3,(H2,15,16,17,18,19). The molecule has 3 aromatic rings. The number of nitrogens with one attached hydrogen (secondary N) is 2. The van der Waals surface area contributed by atoms with Gasteiger partial charge < -0.3 is 0 Å². The van der Waals surface area contributed by atoms with Crippen LogP contribution in [0.5, 0.6) is 0 Å². The van der Waals surface area contributed by atoms with E-state index >= 15 is 0 Å². The number of nitrogen functional groups attached to an aromatic ring is 1. The van der Waals surface area contributed by atoms with Crippen molar-refractivity contribution < 1.29 is 0 Å². The Labute approximate surface area is 120 Å². The minimum Gasteiger partial charge on any atom is -0.292 e. The second kappa shape index (κ2) is 5.48. The maximum atomic E-state index is 5.39. The van der Waals surface area contributed by atoms with Crippen LogP contribution in [0.4, 0.5) is 5.95 Å². The van der Waals surface area contributed by atoms with Crippen LogP contribution in [0.1, 0.15) is 11.1 Å². The largest absolute Gasteiger partial charge is 0.292 e. The molecule has 0 aliphatic heterocycles. The molecular weight excluding hydrogens is 272 g/mol. The Bertz CT molecular complexity index is 739. The molecule has 3 rings (SSSR count). The Kier molecular flexibility index (Phi) is 3.53. The molecule has 0 amide bonds. The SMILES string of the molecule is Cc1ccccc1CSc1nc(NN)nc2[nH]ncc12. The van der Waals surface area contributed by atoms with Crippen molar-refractivity contribution in [3.05, 3.63) is 41.6 Å². The van der Waals surface area contributed by atoms with Gasteiger partial charge in [-0.1, -0.05) is 24.3 Å². The molecule has 7 heteroatoms. The lowest BCUT2D eigenvalue weighted by Gasteiger charge is -2.06. The van der Waals surface area contributed by atoms with Gasteiger partial charge in [-0.3, -0.25) is 10.5 Å². The number of rotatable bonds is 4. The van der Waals surface area contributed by atoms with E-state index in [9.17, 15) is 0 Å². The zero-order chi connectivity index (χ0) is 13.9. The number of fused-ring (bicyclic) bond motifs is 1. The number of aromatic nitrogens is 4. The number of anilines is 1. The van der Waals surface area contributed by atoms with Crippen molar-refractivity contribution in [1.29, 1.82) is 0 Å². The Morgan fingerprint density at radius 2 is 2.15 bits per heavy atom. The van der Waals surface area contributed by atoms with Crippen molar-refractivity contribution in [3.63, 3.8) is 0 Å². The number of nitrogens with zero attached hydrogens (tertiary/aromatic N) is 3. The molecule has 4 N–H and O–H groups in total. The third kappa shape index (κ3) is 2.45. The summed E-state index contributed by atoms with van der Waals surface area (Å²) in [6.07, 6.45) is 1.73. The van der Waals surface area contributed by atoms with Gasteiger partial charge >= 0.3 is 0 Å². The number of aromatic amines is 1. The predicted octanol–water partition coefficient (Wildman–Crippen LogP) is 2.24. The highest BCUT2D eigenvalue weighted by atomic mass is 32.2. The minimum atomic E-state index is 0.383. The lowest BCUT2D eigenvalue weighted by molar-refractivity contribution is 1.05. The zero-order valence-electron chi connectivity index (χ0n) is 10.9. The van der Waals surface area contributed by atoms with Gasteiger partial charge in [0.1, 0.15) is 5.03 Å². The summed E-state index contributed by atoms with van der Waals surface area (Å²) < 4.78 is 0. The fourth-order valence-electron chi connectivity index (χ4n) is 1.90. The summed E-state index contributed by atoms with van der Waals surface area (Å²) in [6, 6.07) is 8.32. The highest BCUT2D eigenvalue weighted by Gasteiger charge is 2.10. The van der Waals surface area contributed by atoms with E-state index in [0.29, 0.717) is 11.6 Å². The van der Waals surface area contributed by atoms with Crippen LogP contribution in [-0.2, 0) is 5.75 Å². The molecule has 0 bridgehead atoms. The van der Waals surface area contributed by atoms with E-state index in [4.69, 9.17) is 5.84 Å². The first-order valence-corrected chi connectivity index (χ1v) is 7.11. The van der Waals surface area contributed by atoms with Crippen molar-refractivity contribution in [3.8, 4) is 0 Å². The van der Waals surface area contributed by atoms with E-state index in [1.54, 1.807) is 18.0 Å². The van der Waals surface area contributed by atoms with Gasteiger partial charge in [0.15, 0.2) is 5.65 Å². The quantitative estimate of drug-likeness (QED) is 0.295. The molecule has 0 unspecified atom stereocenters. The van der Waals surface area contributed by atoms with Crippen molar-refractivity contribution in [2.75, 3.05) is 5.43 Å². The molecule has 2 heterocycles. The Hall–Kier alpha value is -2.12. The summed E-state index contributed by atoms with van der Waals surface area (Å²) in [5, 5.41) is 8.60. The average molecular weight is 286 g/mol. The molecule has 0 radical (unpaired) electrons. The minimum absolute atomic E-state index is 0.383. The predicted molar refractivity (Wildman–Crippen MR) is 80.2 cm³/mol. The Morgan fingerprint density at radius 3 is 2.95 bits per heavy atom. The van der Waals surface area contributed by atoms with Crippen LogP contribution in [-0.4, -0.2) is 20.2 Å². The number of thioether (sulfide) groups is 1. The molecule has 0 fully saturated rings. The number of H-pyrrole nitrogens is 1. The van der Waals surface area contributed by atoms with E-state index in [0.717, 1.165) is 16.2 Å². The monoisotopic (exact) mass is 286 g/mol. The van der Waals surface area contributed by atoms with Gasteiger partial charge in [0.05, 0.1) is 11.6 Å². The van der Waals surface area contributed by atoms with Gasteiger partial charge in [0, 0.05) is 5.75 Å². The molecule has 20 heavy (non-hydrogen) atoms. The number of nitrogens with two attached hydrogens (primary N) is 1. The topological polar surface area (TPSA) is 92.5 Å². The summed E-state index contributed by atoms with van der Waals surface area (Å²) in [4.78, 5) is 8.60. The second-order valence-electron chi connectivity index (χ2n) is 4.34.